The first kappa shape index (κ1) is 18.5. The molecule has 0 aliphatic heterocycles. The Balaban J connectivity index is 1.45. The first-order chi connectivity index (χ1) is 13.1. The number of aryl methyl sites for hydroxylation is 1. The monoisotopic (exact) mass is 364 g/mol. The maximum absolute atomic E-state index is 12.9. The number of nitrogens with one attached hydrogen (secondary N) is 2. The van der Waals surface area contributed by atoms with Gasteiger partial charge in [0, 0.05) is 17.9 Å². The van der Waals surface area contributed by atoms with E-state index in [1.165, 1.54) is 12.1 Å². The molecule has 2 N–H and O–H groups in total. The highest BCUT2D eigenvalue weighted by atomic mass is 19.1. The summed E-state index contributed by atoms with van der Waals surface area (Å²) in [7, 11) is 0. The maximum atomic E-state index is 12.9. The van der Waals surface area contributed by atoms with Gasteiger partial charge in [0.25, 0.3) is 5.91 Å². The predicted octanol–water partition coefficient (Wildman–Crippen LogP) is 4.76. The molecular formula is C22H21FN2O2. The number of anilines is 2. The summed E-state index contributed by atoms with van der Waals surface area (Å²) in [5.74, 6) is 0.161. The zero-order valence-corrected chi connectivity index (χ0v) is 15.0. The maximum Gasteiger partial charge on any atom is 0.262 e. The van der Waals surface area contributed by atoms with E-state index in [4.69, 9.17) is 4.74 Å². The van der Waals surface area contributed by atoms with Crippen LogP contribution in [-0.4, -0.2) is 12.5 Å². The van der Waals surface area contributed by atoms with Crippen molar-refractivity contribution in [2.75, 3.05) is 17.2 Å². The molecule has 1 amide bonds. The van der Waals surface area contributed by atoms with Crippen molar-refractivity contribution in [3.8, 4) is 5.75 Å². The van der Waals surface area contributed by atoms with Crippen molar-refractivity contribution < 1.29 is 13.9 Å². The van der Waals surface area contributed by atoms with E-state index in [0.717, 1.165) is 22.5 Å². The van der Waals surface area contributed by atoms with Crippen LogP contribution < -0.4 is 15.4 Å². The SMILES string of the molecule is Cc1ccc(NC(=O)COc2ccc(CNc3ccc(F)cc3)cc2)cc1. The molecule has 0 aliphatic rings. The molecule has 0 atom stereocenters. The van der Waals surface area contributed by atoms with E-state index in [0.29, 0.717) is 12.3 Å². The van der Waals surface area contributed by atoms with Crippen LogP contribution in [0, 0.1) is 12.7 Å². The molecule has 0 fully saturated rings. The largest absolute Gasteiger partial charge is 0.484 e. The zero-order valence-electron chi connectivity index (χ0n) is 15.0. The average Bonchev–Trinajstić information content (AvgIpc) is 2.68. The third kappa shape index (κ3) is 5.85. The second-order valence-electron chi connectivity index (χ2n) is 6.21. The Morgan fingerprint density at radius 1 is 0.889 bits per heavy atom. The smallest absolute Gasteiger partial charge is 0.262 e. The van der Waals surface area contributed by atoms with Crippen LogP contribution in [0.3, 0.4) is 0 Å². The molecule has 3 rings (SSSR count). The number of amides is 1. The predicted molar refractivity (Wildman–Crippen MR) is 105 cm³/mol. The van der Waals surface area contributed by atoms with Crippen LogP contribution in [0.15, 0.2) is 72.8 Å². The Labute approximate surface area is 158 Å². The number of halogens is 1. The van der Waals surface area contributed by atoms with Crippen molar-refractivity contribution in [2.24, 2.45) is 0 Å². The average molecular weight is 364 g/mol. The lowest BCUT2D eigenvalue weighted by atomic mass is 10.2. The number of rotatable bonds is 7. The number of benzene rings is 3. The molecule has 0 bridgehead atoms. The van der Waals surface area contributed by atoms with Crippen molar-refractivity contribution in [1.29, 1.82) is 0 Å². The highest BCUT2D eigenvalue weighted by molar-refractivity contribution is 5.91. The van der Waals surface area contributed by atoms with Crippen LogP contribution in [0.4, 0.5) is 15.8 Å². The number of hydrogen-bond acceptors (Lipinski definition) is 3. The van der Waals surface area contributed by atoms with Gasteiger partial charge >= 0.3 is 0 Å². The molecule has 138 valence electrons. The fourth-order valence-electron chi connectivity index (χ4n) is 2.46. The molecule has 3 aromatic rings. The van der Waals surface area contributed by atoms with Crippen molar-refractivity contribution >= 4 is 17.3 Å². The van der Waals surface area contributed by atoms with Crippen LogP contribution in [0.5, 0.6) is 5.75 Å². The lowest BCUT2D eigenvalue weighted by molar-refractivity contribution is -0.118. The second kappa shape index (κ2) is 8.85. The minimum absolute atomic E-state index is 0.0545. The Morgan fingerprint density at radius 2 is 1.52 bits per heavy atom. The molecule has 0 heterocycles. The van der Waals surface area contributed by atoms with Crippen LogP contribution >= 0.6 is 0 Å². The number of carbonyl (C=O) groups is 1. The van der Waals surface area contributed by atoms with E-state index < -0.39 is 0 Å². The van der Waals surface area contributed by atoms with Gasteiger partial charge in [-0.3, -0.25) is 4.79 Å². The third-order valence-electron chi connectivity index (χ3n) is 3.97. The van der Waals surface area contributed by atoms with Gasteiger partial charge < -0.3 is 15.4 Å². The molecule has 0 aromatic heterocycles. The summed E-state index contributed by atoms with van der Waals surface area (Å²) < 4.78 is 18.4. The summed E-state index contributed by atoms with van der Waals surface area (Å²) in [6.07, 6.45) is 0. The van der Waals surface area contributed by atoms with Crippen LogP contribution in [0.1, 0.15) is 11.1 Å². The molecule has 0 aliphatic carbocycles. The Morgan fingerprint density at radius 3 is 2.19 bits per heavy atom. The Bertz CT molecular complexity index is 876. The van der Waals surface area contributed by atoms with E-state index in [2.05, 4.69) is 10.6 Å². The molecule has 0 unspecified atom stereocenters. The molecule has 0 spiro atoms. The van der Waals surface area contributed by atoms with E-state index in [9.17, 15) is 9.18 Å². The van der Waals surface area contributed by atoms with Gasteiger partial charge in [-0.1, -0.05) is 29.8 Å². The summed E-state index contributed by atoms with van der Waals surface area (Å²) in [6, 6.07) is 21.3. The van der Waals surface area contributed by atoms with Crippen molar-refractivity contribution in [3.63, 3.8) is 0 Å². The summed E-state index contributed by atoms with van der Waals surface area (Å²) in [5.41, 5.74) is 3.79. The number of carbonyl (C=O) groups excluding carboxylic acids is 1. The first-order valence-electron chi connectivity index (χ1n) is 8.66. The first-order valence-corrected chi connectivity index (χ1v) is 8.66. The molecular weight excluding hydrogens is 343 g/mol. The lowest BCUT2D eigenvalue weighted by Gasteiger charge is -2.09. The van der Waals surface area contributed by atoms with Crippen LogP contribution in [-0.2, 0) is 11.3 Å². The van der Waals surface area contributed by atoms with Gasteiger partial charge in [-0.05, 0) is 61.0 Å². The summed E-state index contributed by atoms with van der Waals surface area (Å²) in [4.78, 5) is 11.9. The third-order valence-corrected chi connectivity index (χ3v) is 3.97. The standard InChI is InChI=1S/C22H21FN2O2/c1-16-2-8-20(9-3-16)25-22(26)15-27-21-12-4-17(5-13-21)14-24-19-10-6-18(23)7-11-19/h2-13,24H,14-15H2,1H3,(H,25,26). The quantitative estimate of drug-likeness (QED) is 0.635. The topological polar surface area (TPSA) is 50.4 Å². The molecule has 4 nitrogen and oxygen atoms in total. The number of ether oxygens (including phenoxy) is 1. The van der Waals surface area contributed by atoms with E-state index in [1.54, 1.807) is 12.1 Å². The zero-order chi connectivity index (χ0) is 19.1. The fraction of sp³-hybridized carbons (Fsp3) is 0.136. The van der Waals surface area contributed by atoms with Gasteiger partial charge in [-0.25, -0.2) is 4.39 Å². The summed E-state index contributed by atoms with van der Waals surface area (Å²) >= 11 is 0. The number of hydrogen-bond donors (Lipinski definition) is 2. The van der Waals surface area contributed by atoms with E-state index in [-0.39, 0.29) is 18.3 Å². The normalized spacial score (nSPS) is 10.3. The van der Waals surface area contributed by atoms with Crippen LogP contribution in [0.2, 0.25) is 0 Å². The highest BCUT2D eigenvalue weighted by Gasteiger charge is 2.04. The van der Waals surface area contributed by atoms with Crippen molar-refractivity contribution in [1.82, 2.24) is 0 Å². The van der Waals surface area contributed by atoms with Gasteiger partial charge in [-0.15, -0.1) is 0 Å². The molecule has 5 heteroatoms. The van der Waals surface area contributed by atoms with Gasteiger partial charge in [0.2, 0.25) is 0 Å². The molecule has 0 radical (unpaired) electrons. The minimum atomic E-state index is -0.256. The summed E-state index contributed by atoms with van der Waals surface area (Å²) in [6.45, 7) is 2.55. The Hall–Kier alpha value is -3.34. The Kier molecular flexibility index (Phi) is 6.05. The fourth-order valence-corrected chi connectivity index (χ4v) is 2.46. The van der Waals surface area contributed by atoms with Crippen molar-refractivity contribution in [2.45, 2.75) is 13.5 Å². The van der Waals surface area contributed by atoms with Gasteiger partial charge in [0.05, 0.1) is 0 Å². The second-order valence-corrected chi connectivity index (χ2v) is 6.21. The molecule has 0 saturated heterocycles. The van der Waals surface area contributed by atoms with Crippen LogP contribution in [0.25, 0.3) is 0 Å². The van der Waals surface area contributed by atoms with Gasteiger partial charge in [0.1, 0.15) is 11.6 Å². The van der Waals surface area contributed by atoms with E-state index >= 15 is 0 Å². The lowest BCUT2D eigenvalue weighted by Crippen LogP contribution is -2.20. The molecule has 27 heavy (non-hydrogen) atoms. The van der Waals surface area contributed by atoms with Crippen molar-refractivity contribution in [3.05, 3.63) is 89.7 Å². The molecule has 3 aromatic carbocycles. The van der Waals surface area contributed by atoms with Gasteiger partial charge in [-0.2, -0.15) is 0 Å². The summed E-state index contributed by atoms with van der Waals surface area (Å²) in [5, 5.41) is 6.01. The molecule has 0 saturated carbocycles. The highest BCUT2D eigenvalue weighted by Crippen LogP contribution is 2.15. The van der Waals surface area contributed by atoms with Gasteiger partial charge in [0.15, 0.2) is 6.61 Å². The van der Waals surface area contributed by atoms with E-state index in [1.807, 2.05) is 55.5 Å². The minimum Gasteiger partial charge on any atom is -0.484 e.